The van der Waals surface area contributed by atoms with Crippen molar-refractivity contribution in [2.75, 3.05) is 0 Å². The highest BCUT2D eigenvalue weighted by Crippen LogP contribution is 2.25. The van der Waals surface area contributed by atoms with Gasteiger partial charge in [-0.1, -0.05) is 0 Å². The van der Waals surface area contributed by atoms with Crippen molar-refractivity contribution in [1.29, 1.82) is 0 Å². The molecule has 0 spiro atoms. The van der Waals surface area contributed by atoms with Crippen molar-refractivity contribution in [2.45, 2.75) is 57.6 Å². The SMILES string of the molecule is CC(C)(C)OC(=O)c1cc(SOO[O-])cc(C(=O)OC(C)(C)C)c1. The van der Waals surface area contributed by atoms with Gasteiger partial charge in [-0.25, -0.2) is 9.59 Å². The number of hydrogen-bond donors (Lipinski definition) is 0. The zero-order valence-electron chi connectivity index (χ0n) is 14.5. The second kappa shape index (κ2) is 7.98. The first-order valence-electron chi connectivity index (χ1n) is 7.16. The van der Waals surface area contributed by atoms with Crippen molar-refractivity contribution >= 4 is 24.0 Å². The van der Waals surface area contributed by atoms with Crippen molar-refractivity contribution in [1.82, 2.24) is 0 Å². The Hall–Kier alpha value is -1.61. The van der Waals surface area contributed by atoms with Gasteiger partial charge in [0.05, 0.1) is 23.2 Å². The van der Waals surface area contributed by atoms with Gasteiger partial charge >= 0.3 is 11.9 Å². The van der Waals surface area contributed by atoms with Gasteiger partial charge in [0.25, 0.3) is 0 Å². The minimum Gasteiger partial charge on any atom is -0.691 e. The second-order valence-corrected chi connectivity index (χ2v) is 7.74. The van der Waals surface area contributed by atoms with E-state index in [1.54, 1.807) is 41.5 Å². The van der Waals surface area contributed by atoms with Crippen LogP contribution in [0.25, 0.3) is 0 Å². The van der Waals surface area contributed by atoms with E-state index in [2.05, 4.69) is 9.37 Å². The molecule has 1 aromatic carbocycles. The van der Waals surface area contributed by atoms with E-state index in [1.807, 2.05) is 0 Å². The van der Waals surface area contributed by atoms with Crippen LogP contribution in [0.15, 0.2) is 23.1 Å². The maximum Gasteiger partial charge on any atom is 0.338 e. The van der Waals surface area contributed by atoms with Gasteiger partial charge in [0.1, 0.15) is 11.2 Å². The summed E-state index contributed by atoms with van der Waals surface area (Å²) in [5, 5.41) is 13.3. The molecule has 0 radical (unpaired) electrons. The molecular weight excluding hydrogens is 336 g/mol. The van der Waals surface area contributed by atoms with E-state index in [-0.39, 0.29) is 11.1 Å². The van der Waals surface area contributed by atoms with Crippen molar-refractivity contribution in [3.8, 4) is 0 Å². The molecule has 0 unspecified atom stereocenters. The monoisotopic (exact) mass is 357 g/mol. The summed E-state index contributed by atoms with van der Waals surface area (Å²) in [6.07, 6.45) is 0. The lowest BCUT2D eigenvalue weighted by molar-refractivity contribution is -0.777. The van der Waals surface area contributed by atoms with E-state index < -0.39 is 23.1 Å². The molecule has 0 bridgehead atoms. The van der Waals surface area contributed by atoms with Crippen LogP contribution in [-0.4, -0.2) is 23.1 Å². The minimum atomic E-state index is -0.694. The molecule has 1 rings (SSSR count). The average Bonchev–Trinajstić information content (AvgIpc) is 2.41. The Morgan fingerprint density at radius 2 is 1.29 bits per heavy atom. The number of carbonyl (C=O) groups is 2. The fourth-order valence-electron chi connectivity index (χ4n) is 1.61. The van der Waals surface area contributed by atoms with Crippen molar-refractivity contribution in [3.05, 3.63) is 29.3 Å². The van der Waals surface area contributed by atoms with Gasteiger partial charge in [-0.15, -0.1) is 0 Å². The molecule has 1 aromatic rings. The fraction of sp³-hybridized carbons (Fsp3) is 0.500. The third-order valence-electron chi connectivity index (χ3n) is 2.33. The van der Waals surface area contributed by atoms with Crippen molar-refractivity contribution < 1.29 is 33.7 Å². The normalized spacial score (nSPS) is 12.0. The Bertz CT molecular complexity index is 553. The molecule has 0 saturated heterocycles. The number of ether oxygens (including phenoxy) is 2. The molecule has 0 aliphatic rings. The zero-order valence-corrected chi connectivity index (χ0v) is 15.3. The smallest absolute Gasteiger partial charge is 0.338 e. The third-order valence-corrected chi connectivity index (χ3v) is 2.89. The lowest BCUT2D eigenvalue weighted by Gasteiger charge is -2.21. The molecule has 8 heteroatoms. The first-order chi connectivity index (χ1) is 10.9. The number of hydrogen-bond acceptors (Lipinski definition) is 8. The molecule has 7 nitrogen and oxygen atoms in total. The van der Waals surface area contributed by atoms with Gasteiger partial charge in [0.15, 0.2) is 0 Å². The second-order valence-electron chi connectivity index (χ2n) is 6.97. The number of rotatable bonds is 5. The Balaban J connectivity index is 3.16. The van der Waals surface area contributed by atoms with Crippen LogP contribution in [0.3, 0.4) is 0 Å². The summed E-state index contributed by atoms with van der Waals surface area (Å²) in [4.78, 5) is 24.8. The van der Waals surface area contributed by atoms with Crippen LogP contribution in [0.4, 0.5) is 0 Å². The van der Waals surface area contributed by atoms with Crippen molar-refractivity contribution in [2.24, 2.45) is 0 Å². The molecule has 0 amide bonds. The van der Waals surface area contributed by atoms with Gasteiger partial charge in [0, 0.05) is 4.90 Å². The topological polar surface area (TPSA) is 94.1 Å². The summed E-state index contributed by atoms with van der Waals surface area (Å²) in [7, 11) is 0. The largest absolute Gasteiger partial charge is 0.691 e. The predicted molar refractivity (Wildman–Crippen MR) is 84.8 cm³/mol. The summed E-state index contributed by atoms with van der Waals surface area (Å²) in [5.41, 5.74) is -1.13. The molecular formula is C16H21O7S-. The van der Waals surface area contributed by atoms with Gasteiger partial charge in [-0.2, -0.15) is 4.33 Å². The maximum absolute atomic E-state index is 12.2. The van der Waals surface area contributed by atoms with Crippen molar-refractivity contribution in [3.63, 3.8) is 0 Å². The van der Waals surface area contributed by atoms with E-state index in [0.717, 1.165) is 0 Å². The summed E-state index contributed by atoms with van der Waals surface area (Å²) < 4.78 is 14.8. The molecule has 0 aliphatic heterocycles. The molecule has 24 heavy (non-hydrogen) atoms. The molecule has 0 aromatic heterocycles. The summed E-state index contributed by atoms with van der Waals surface area (Å²) in [6.45, 7) is 10.4. The van der Waals surface area contributed by atoms with Crippen LogP contribution in [0.1, 0.15) is 62.3 Å². The van der Waals surface area contributed by atoms with Gasteiger partial charge < -0.3 is 14.7 Å². The van der Waals surface area contributed by atoms with Crippen LogP contribution in [0.2, 0.25) is 0 Å². The quantitative estimate of drug-likeness (QED) is 0.344. The molecule has 0 fully saturated rings. The highest BCUT2D eigenvalue weighted by atomic mass is 32.2. The first-order valence-corrected chi connectivity index (χ1v) is 7.90. The Kier molecular flexibility index (Phi) is 6.79. The maximum atomic E-state index is 12.2. The summed E-state index contributed by atoms with van der Waals surface area (Å²) in [6, 6.07) is 4.21. The van der Waals surface area contributed by atoms with Crippen LogP contribution in [0, 0.1) is 0 Å². The average molecular weight is 357 g/mol. The molecule has 0 saturated carbocycles. The lowest BCUT2D eigenvalue weighted by atomic mass is 10.1. The summed E-state index contributed by atoms with van der Waals surface area (Å²) in [5.74, 6) is -1.23. The third kappa shape index (κ3) is 7.31. The Labute approximate surface area is 145 Å². The van der Waals surface area contributed by atoms with E-state index in [4.69, 9.17) is 9.47 Å². The van der Waals surface area contributed by atoms with E-state index in [0.29, 0.717) is 16.9 Å². The highest BCUT2D eigenvalue weighted by Gasteiger charge is 2.23. The van der Waals surface area contributed by atoms with Crippen LogP contribution < -0.4 is 5.26 Å². The Morgan fingerprint density at radius 1 is 0.875 bits per heavy atom. The van der Waals surface area contributed by atoms with Crippen LogP contribution in [-0.2, 0) is 18.8 Å². The molecule has 0 heterocycles. The van der Waals surface area contributed by atoms with Gasteiger partial charge in [0.2, 0.25) is 0 Å². The molecule has 0 aliphatic carbocycles. The minimum absolute atomic E-state index is 0.130. The van der Waals surface area contributed by atoms with Crippen LogP contribution in [0.5, 0.6) is 0 Å². The van der Waals surface area contributed by atoms with Gasteiger partial charge in [-0.05, 0) is 59.7 Å². The summed E-state index contributed by atoms with van der Waals surface area (Å²) >= 11 is 0.569. The number of benzene rings is 1. The van der Waals surface area contributed by atoms with Gasteiger partial charge in [-0.3, -0.25) is 5.04 Å². The lowest BCUT2D eigenvalue weighted by Crippen LogP contribution is -2.25. The van der Waals surface area contributed by atoms with Crippen LogP contribution >= 0.6 is 12.0 Å². The van der Waals surface area contributed by atoms with E-state index in [1.165, 1.54) is 18.2 Å². The molecule has 0 N–H and O–H groups in total. The highest BCUT2D eigenvalue weighted by molar-refractivity contribution is 7.94. The van der Waals surface area contributed by atoms with E-state index in [9.17, 15) is 14.8 Å². The zero-order chi connectivity index (χ0) is 18.5. The standard InChI is InChI=1S/C16H22O7S/c1-15(2,3)20-13(17)10-7-11(14(18)21-16(4,5)6)9-12(8-10)24-23-22-19/h7-9,19H,1-6H3/p-1. The molecule has 134 valence electrons. The molecule has 0 atom stereocenters. The number of carbonyl (C=O) groups excluding carboxylic acids is 2. The van der Waals surface area contributed by atoms with E-state index >= 15 is 0 Å². The predicted octanol–water partition coefficient (Wildman–Crippen LogP) is 2.83. The Morgan fingerprint density at radius 3 is 1.62 bits per heavy atom. The fourth-order valence-corrected chi connectivity index (χ4v) is 2.07. The number of esters is 2. The first kappa shape index (κ1) is 20.4.